The highest BCUT2D eigenvalue weighted by Crippen LogP contribution is 2.28. The number of phenols is 1. The number of carbonyl (C=O) groups is 1. The van der Waals surface area contributed by atoms with E-state index in [1.807, 2.05) is 0 Å². The number of aromatic hydroxyl groups is 1. The van der Waals surface area contributed by atoms with Crippen molar-refractivity contribution in [1.29, 1.82) is 0 Å². The van der Waals surface area contributed by atoms with Crippen LogP contribution in [0.2, 0.25) is 0 Å². The fraction of sp³-hybridized carbons (Fsp3) is 0.300. The third-order valence-corrected chi connectivity index (χ3v) is 6.56. The SMILES string of the molecule is COc1cccc(C=NNC(=O)c2cccc(S(=O)(=O)N3CCCCC3)c2)c1O. The van der Waals surface area contributed by atoms with E-state index in [0.29, 0.717) is 18.7 Å². The van der Waals surface area contributed by atoms with Crippen LogP contribution in [0, 0.1) is 0 Å². The second kappa shape index (κ2) is 9.06. The highest BCUT2D eigenvalue weighted by atomic mass is 32.2. The molecule has 29 heavy (non-hydrogen) atoms. The number of nitrogens with zero attached hydrogens (tertiary/aromatic N) is 2. The summed E-state index contributed by atoms with van der Waals surface area (Å²) in [5.41, 5.74) is 2.88. The number of nitrogens with one attached hydrogen (secondary N) is 1. The molecular formula is C20H23N3O5S. The molecular weight excluding hydrogens is 394 g/mol. The third-order valence-electron chi connectivity index (χ3n) is 4.67. The molecule has 1 saturated heterocycles. The first kappa shape index (κ1) is 20.8. The Bertz CT molecular complexity index is 1010. The van der Waals surface area contributed by atoms with Gasteiger partial charge in [-0.05, 0) is 43.2 Å². The van der Waals surface area contributed by atoms with Gasteiger partial charge in [0.15, 0.2) is 11.5 Å². The average molecular weight is 417 g/mol. The Kier molecular flexibility index (Phi) is 6.50. The van der Waals surface area contributed by atoms with E-state index in [9.17, 15) is 18.3 Å². The molecule has 2 aromatic rings. The van der Waals surface area contributed by atoms with Crippen molar-refractivity contribution in [1.82, 2.24) is 9.73 Å². The molecule has 0 atom stereocenters. The van der Waals surface area contributed by atoms with Crippen molar-refractivity contribution in [2.45, 2.75) is 24.2 Å². The van der Waals surface area contributed by atoms with Gasteiger partial charge in [-0.1, -0.05) is 18.6 Å². The molecule has 0 unspecified atom stereocenters. The number of methoxy groups -OCH3 is 1. The number of para-hydroxylation sites is 1. The molecule has 1 aliphatic heterocycles. The van der Waals surface area contributed by atoms with E-state index in [4.69, 9.17) is 4.74 Å². The van der Waals surface area contributed by atoms with Gasteiger partial charge in [-0.15, -0.1) is 0 Å². The highest BCUT2D eigenvalue weighted by molar-refractivity contribution is 7.89. The van der Waals surface area contributed by atoms with Crippen LogP contribution >= 0.6 is 0 Å². The summed E-state index contributed by atoms with van der Waals surface area (Å²) in [6.45, 7) is 0.986. The number of phenolic OH excluding ortho intramolecular Hbond substituents is 1. The topological polar surface area (TPSA) is 108 Å². The number of hydrogen-bond acceptors (Lipinski definition) is 6. The molecule has 2 N–H and O–H groups in total. The number of hydrazone groups is 1. The predicted molar refractivity (Wildman–Crippen MR) is 109 cm³/mol. The van der Waals surface area contributed by atoms with Crippen LogP contribution in [0.1, 0.15) is 35.2 Å². The quantitative estimate of drug-likeness (QED) is 0.554. The molecule has 1 heterocycles. The van der Waals surface area contributed by atoms with Crippen LogP contribution < -0.4 is 10.2 Å². The Morgan fingerprint density at radius 3 is 2.62 bits per heavy atom. The van der Waals surface area contributed by atoms with Gasteiger partial charge in [-0.25, -0.2) is 13.8 Å². The van der Waals surface area contributed by atoms with Gasteiger partial charge in [0.25, 0.3) is 5.91 Å². The van der Waals surface area contributed by atoms with E-state index in [0.717, 1.165) is 19.3 Å². The number of carbonyl (C=O) groups excluding carboxylic acids is 1. The van der Waals surface area contributed by atoms with Gasteiger partial charge in [-0.3, -0.25) is 4.79 Å². The third kappa shape index (κ3) is 4.75. The van der Waals surface area contributed by atoms with Crippen molar-refractivity contribution in [3.8, 4) is 11.5 Å². The number of sulfonamides is 1. The normalized spacial score (nSPS) is 15.3. The largest absolute Gasteiger partial charge is 0.504 e. The lowest BCUT2D eigenvalue weighted by Gasteiger charge is -2.25. The minimum atomic E-state index is -3.63. The maximum atomic E-state index is 12.8. The molecule has 2 aromatic carbocycles. The lowest BCUT2D eigenvalue weighted by atomic mass is 10.2. The molecule has 8 nitrogen and oxygen atoms in total. The standard InChI is InChI=1S/C20H23N3O5S/c1-28-18-10-6-8-16(19(18)24)14-21-22-20(25)15-7-5-9-17(13-15)29(26,27)23-11-3-2-4-12-23/h5-10,13-14,24H,2-4,11-12H2,1H3,(H,22,25). The maximum Gasteiger partial charge on any atom is 0.271 e. The zero-order chi connectivity index (χ0) is 20.9. The Hall–Kier alpha value is -2.91. The maximum absolute atomic E-state index is 12.8. The first-order valence-electron chi connectivity index (χ1n) is 9.23. The van der Waals surface area contributed by atoms with Crippen LogP contribution in [0.4, 0.5) is 0 Å². The van der Waals surface area contributed by atoms with Crippen molar-refractivity contribution < 1.29 is 23.1 Å². The molecule has 1 amide bonds. The number of benzene rings is 2. The lowest BCUT2D eigenvalue weighted by molar-refractivity contribution is 0.0955. The molecule has 3 rings (SSSR count). The number of hydrogen-bond donors (Lipinski definition) is 2. The summed E-state index contributed by atoms with van der Waals surface area (Å²) < 4.78 is 32.0. The summed E-state index contributed by atoms with van der Waals surface area (Å²) >= 11 is 0. The van der Waals surface area contributed by atoms with Gasteiger partial charge in [-0.2, -0.15) is 9.41 Å². The van der Waals surface area contributed by atoms with Crippen LogP contribution in [0.15, 0.2) is 52.5 Å². The second-order valence-corrected chi connectivity index (χ2v) is 8.53. The van der Waals surface area contributed by atoms with Crippen LogP contribution in [-0.2, 0) is 10.0 Å². The number of rotatable bonds is 6. The Morgan fingerprint density at radius 2 is 1.90 bits per heavy atom. The first-order valence-corrected chi connectivity index (χ1v) is 10.7. The van der Waals surface area contributed by atoms with E-state index in [-0.39, 0.29) is 22.0 Å². The summed E-state index contributed by atoms with van der Waals surface area (Å²) in [4.78, 5) is 12.5. The Morgan fingerprint density at radius 1 is 1.17 bits per heavy atom. The molecule has 0 aliphatic carbocycles. The fourth-order valence-electron chi connectivity index (χ4n) is 3.09. The molecule has 1 fully saturated rings. The molecule has 0 bridgehead atoms. The van der Waals surface area contributed by atoms with Gasteiger partial charge < -0.3 is 9.84 Å². The fourth-order valence-corrected chi connectivity index (χ4v) is 4.65. The van der Waals surface area contributed by atoms with Crippen molar-refractivity contribution in [2.75, 3.05) is 20.2 Å². The summed E-state index contributed by atoms with van der Waals surface area (Å²) in [6.07, 6.45) is 3.98. The minimum absolute atomic E-state index is 0.0847. The van der Waals surface area contributed by atoms with Crippen molar-refractivity contribution in [3.63, 3.8) is 0 Å². The van der Waals surface area contributed by atoms with Crippen LogP contribution in [0.5, 0.6) is 11.5 Å². The van der Waals surface area contributed by atoms with Crippen molar-refractivity contribution in [3.05, 3.63) is 53.6 Å². The van der Waals surface area contributed by atoms with Gasteiger partial charge in [0.2, 0.25) is 10.0 Å². The smallest absolute Gasteiger partial charge is 0.271 e. The number of amides is 1. The molecule has 0 saturated carbocycles. The van der Waals surface area contributed by atoms with Gasteiger partial charge in [0.05, 0.1) is 18.2 Å². The Balaban J connectivity index is 1.73. The van der Waals surface area contributed by atoms with E-state index in [1.54, 1.807) is 18.2 Å². The van der Waals surface area contributed by atoms with Gasteiger partial charge in [0, 0.05) is 24.2 Å². The molecule has 1 aliphatic rings. The van der Waals surface area contributed by atoms with E-state index < -0.39 is 15.9 Å². The molecule has 9 heteroatoms. The Labute approximate surface area is 169 Å². The lowest BCUT2D eigenvalue weighted by Crippen LogP contribution is -2.35. The highest BCUT2D eigenvalue weighted by Gasteiger charge is 2.26. The molecule has 0 radical (unpaired) electrons. The number of piperidine rings is 1. The molecule has 0 spiro atoms. The second-order valence-electron chi connectivity index (χ2n) is 6.59. The van der Waals surface area contributed by atoms with Crippen LogP contribution in [-0.4, -0.2) is 50.2 Å². The predicted octanol–water partition coefficient (Wildman–Crippen LogP) is 2.34. The summed E-state index contributed by atoms with van der Waals surface area (Å²) in [5, 5.41) is 13.9. The molecule has 0 aromatic heterocycles. The molecule has 154 valence electrons. The summed E-state index contributed by atoms with van der Waals surface area (Å²) in [5.74, 6) is -0.363. The summed E-state index contributed by atoms with van der Waals surface area (Å²) in [6, 6.07) is 10.8. The van der Waals surface area contributed by atoms with E-state index >= 15 is 0 Å². The monoisotopic (exact) mass is 417 g/mol. The number of ether oxygens (including phenoxy) is 1. The van der Waals surface area contributed by atoms with E-state index in [2.05, 4.69) is 10.5 Å². The average Bonchev–Trinajstić information content (AvgIpc) is 2.75. The zero-order valence-electron chi connectivity index (χ0n) is 16.0. The van der Waals surface area contributed by atoms with Crippen molar-refractivity contribution in [2.24, 2.45) is 5.10 Å². The van der Waals surface area contributed by atoms with Crippen LogP contribution in [0.3, 0.4) is 0 Å². The van der Waals surface area contributed by atoms with Gasteiger partial charge in [0.1, 0.15) is 0 Å². The van der Waals surface area contributed by atoms with Crippen molar-refractivity contribution >= 4 is 22.1 Å². The van der Waals surface area contributed by atoms with E-state index in [1.165, 1.54) is 41.9 Å². The van der Waals surface area contributed by atoms with Gasteiger partial charge >= 0.3 is 0 Å². The zero-order valence-corrected chi connectivity index (χ0v) is 16.9. The van der Waals surface area contributed by atoms with Crippen LogP contribution in [0.25, 0.3) is 0 Å². The minimum Gasteiger partial charge on any atom is -0.504 e. The summed E-state index contributed by atoms with van der Waals surface area (Å²) in [7, 11) is -2.19. The first-order chi connectivity index (χ1) is 13.9.